The van der Waals surface area contributed by atoms with E-state index >= 15 is 0 Å². The van der Waals surface area contributed by atoms with Crippen molar-refractivity contribution in [1.29, 1.82) is 0 Å². The van der Waals surface area contributed by atoms with Crippen LogP contribution in [0.2, 0.25) is 0 Å². The number of hydrogen-bond acceptors (Lipinski definition) is 4. The maximum atomic E-state index is 12.5. The Morgan fingerprint density at radius 1 is 0.969 bits per heavy atom. The van der Waals surface area contributed by atoms with Gasteiger partial charge in [-0.3, -0.25) is 9.59 Å². The predicted octanol–water partition coefficient (Wildman–Crippen LogP) is 3.67. The summed E-state index contributed by atoms with van der Waals surface area (Å²) in [5.41, 5.74) is 4.69. The van der Waals surface area contributed by atoms with Crippen LogP contribution in [0.5, 0.6) is 0 Å². The molecule has 7 nitrogen and oxygen atoms in total. The summed E-state index contributed by atoms with van der Waals surface area (Å²) in [4.78, 5) is 35.4. The van der Waals surface area contributed by atoms with Gasteiger partial charge >= 0.3 is 12.1 Å². The molecule has 0 aromatic heterocycles. The van der Waals surface area contributed by atoms with Crippen molar-refractivity contribution in [2.24, 2.45) is 5.92 Å². The number of ether oxygens (including phenoxy) is 1. The highest BCUT2D eigenvalue weighted by molar-refractivity contribution is 5.80. The van der Waals surface area contributed by atoms with Gasteiger partial charge < -0.3 is 20.5 Å². The summed E-state index contributed by atoms with van der Waals surface area (Å²) in [6, 6.07) is 16.3. The molecule has 0 heterocycles. The van der Waals surface area contributed by atoms with Crippen LogP contribution < -0.4 is 10.6 Å². The lowest BCUT2D eigenvalue weighted by Gasteiger charge is -2.29. The molecule has 4 rings (SSSR count). The quantitative estimate of drug-likeness (QED) is 0.614. The fourth-order valence-corrected chi connectivity index (χ4v) is 4.80. The fraction of sp³-hybridized carbons (Fsp3) is 0.400. The summed E-state index contributed by atoms with van der Waals surface area (Å²) < 4.78 is 5.61. The molecule has 2 atom stereocenters. The van der Waals surface area contributed by atoms with Crippen LogP contribution >= 0.6 is 0 Å². The molecule has 0 unspecified atom stereocenters. The van der Waals surface area contributed by atoms with Gasteiger partial charge in [0.15, 0.2) is 0 Å². The number of rotatable bonds is 7. The first-order valence-electron chi connectivity index (χ1n) is 11.1. The molecule has 0 radical (unpaired) electrons. The second-order valence-corrected chi connectivity index (χ2v) is 8.47. The molecular weight excluding hydrogens is 408 g/mol. The topological polar surface area (TPSA) is 105 Å². The maximum absolute atomic E-state index is 12.5. The molecule has 2 amide bonds. The van der Waals surface area contributed by atoms with E-state index in [1.54, 1.807) is 0 Å². The summed E-state index contributed by atoms with van der Waals surface area (Å²) in [6.07, 6.45) is 2.32. The minimum absolute atomic E-state index is 0.00673. The van der Waals surface area contributed by atoms with Crippen LogP contribution in [0.3, 0.4) is 0 Å². The van der Waals surface area contributed by atoms with Crippen molar-refractivity contribution < 1.29 is 24.2 Å². The first-order valence-corrected chi connectivity index (χ1v) is 11.1. The minimum Gasteiger partial charge on any atom is -0.481 e. The van der Waals surface area contributed by atoms with E-state index in [2.05, 4.69) is 34.9 Å². The monoisotopic (exact) mass is 436 g/mol. The van der Waals surface area contributed by atoms with Crippen molar-refractivity contribution in [2.75, 3.05) is 13.2 Å². The lowest BCUT2D eigenvalue weighted by molar-refractivity contribution is -0.137. The zero-order valence-electron chi connectivity index (χ0n) is 17.9. The van der Waals surface area contributed by atoms with Crippen LogP contribution in [0, 0.1) is 5.92 Å². The number of carboxylic acids is 1. The largest absolute Gasteiger partial charge is 0.481 e. The molecule has 2 aromatic rings. The van der Waals surface area contributed by atoms with Crippen LogP contribution in [0.15, 0.2) is 48.5 Å². The van der Waals surface area contributed by atoms with Gasteiger partial charge in [0.05, 0.1) is 6.42 Å². The van der Waals surface area contributed by atoms with Gasteiger partial charge in [0, 0.05) is 24.4 Å². The number of carbonyl (C=O) groups is 3. The Labute approximate surface area is 187 Å². The molecule has 0 saturated heterocycles. The summed E-state index contributed by atoms with van der Waals surface area (Å²) in [5.74, 6) is -1.31. The highest BCUT2D eigenvalue weighted by Gasteiger charge is 2.31. The first-order chi connectivity index (χ1) is 15.5. The normalized spacial score (nSPS) is 19.5. The van der Waals surface area contributed by atoms with E-state index in [1.165, 1.54) is 11.1 Å². The van der Waals surface area contributed by atoms with Crippen LogP contribution in [-0.2, 0) is 14.3 Å². The van der Waals surface area contributed by atoms with Gasteiger partial charge in [-0.15, -0.1) is 0 Å². The highest BCUT2D eigenvalue weighted by Crippen LogP contribution is 2.44. The molecule has 0 spiro atoms. The molecule has 3 N–H and O–H groups in total. The third-order valence-electron chi connectivity index (χ3n) is 6.35. The number of carboxylic acid groups (broad SMARTS) is 1. The summed E-state index contributed by atoms with van der Waals surface area (Å²) in [5, 5.41) is 14.3. The Balaban J connectivity index is 1.30. The molecule has 0 bridgehead atoms. The lowest BCUT2D eigenvalue weighted by atomic mass is 9.85. The highest BCUT2D eigenvalue weighted by atomic mass is 16.5. The van der Waals surface area contributed by atoms with Crippen molar-refractivity contribution in [3.63, 3.8) is 0 Å². The van der Waals surface area contributed by atoms with Crippen molar-refractivity contribution in [3.8, 4) is 11.1 Å². The Morgan fingerprint density at radius 3 is 2.28 bits per heavy atom. The number of alkyl carbamates (subject to hydrolysis) is 1. The summed E-state index contributed by atoms with van der Waals surface area (Å²) >= 11 is 0. The SMILES string of the molecule is O=C(O)CCNC(=O)[C@H]1CCC[C@@H](NC(=O)OCC2c3ccccc3-c3ccccc32)C1. The molecule has 2 aliphatic rings. The van der Waals surface area contributed by atoms with Gasteiger partial charge in [-0.1, -0.05) is 55.0 Å². The van der Waals surface area contributed by atoms with Gasteiger partial charge in [0.1, 0.15) is 6.61 Å². The molecular formula is C25H28N2O5. The van der Waals surface area contributed by atoms with E-state index in [9.17, 15) is 14.4 Å². The van der Waals surface area contributed by atoms with Gasteiger partial charge in [-0.2, -0.15) is 0 Å². The maximum Gasteiger partial charge on any atom is 0.407 e. The number of hydrogen-bond donors (Lipinski definition) is 3. The molecule has 1 fully saturated rings. The third-order valence-corrected chi connectivity index (χ3v) is 6.35. The fourth-order valence-electron chi connectivity index (χ4n) is 4.80. The Morgan fingerprint density at radius 2 is 1.62 bits per heavy atom. The van der Waals surface area contributed by atoms with Crippen LogP contribution in [0.4, 0.5) is 4.79 Å². The third kappa shape index (κ3) is 4.93. The smallest absolute Gasteiger partial charge is 0.407 e. The first kappa shape index (κ1) is 21.9. The number of benzene rings is 2. The average molecular weight is 437 g/mol. The molecule has 0 aliphatic heterocycles. The van der Waals surface area contributed by atoms with Crippen LogP contribution in [-0.4, -0.2) is 42.3 Å². The van der Waals surface area contributed by atoms with Gasteiger partial charge in [0.25, 0.3) is 0 Å². The van der Waals surface area contributed by atoms with Crippen molar-refractivity contribution >= 4 is 18.0 Å². The molecule has 2 aliphatic carbocycles. The van der Waals surface area contributed by atoms with Gasteiger partial charge in [-0.05, 0) is 41.5 Å². The van der Waals surface area contributed by atoms with Gasteiger partial charge in [-0.25, -0.2) is 4.79 Å². The predicted molar refractivity (Wildman–Crippen MR) is 119 cm³/mol. The van der Waals surface area contributed by atoms with Crippen LogP contribution in [0.1, 0.15) is 49.1 Å². The second kappa shape index (κ2) is 9.85. The number of aliphatic carboxylic acids is 1. The number of amides is 2. The zero-order chi connectivity index (χ0) is 22.5. The van der Waals surface area contributed by atoms with E-state index < -0.39 is 12.1 Å². The van der Waals surface area contributed by atoms with Crippen molar-refractivity contribution in [3.05, 3.63) is 59.7 Å². The van der Waals surface area contributed by atoms with E-state index in [-0.39, 0.29) is 43.4 Å². The number of fused-ring (bicyclic) bond motifs is 3. The number of carbonyl (C=O) groups excluding carboxylic acids is 2. The zero-order valence-corrected chi connectivity index (χ0v) is 17.9. The van der Waals surface area contributed by atoms with E-state index in [1.807, 2.05) is 24.3 Å². The number of nitrogens with one attached hydrogen (secondary N) is 2. The van der Waals surface area contributed by atoms with Crippen molar-refractivity contribution in [2.45, 2.75) is 44.1 Å². The Bertz CT molecular complexity index is 960. The summed E-state index contributed by atoms with van der Waals surface area (Å²) in [6.45, 7) is 0.376. The van der Waals surface area contributed by atoms with Crippen molar-refractivity contribution in [1.82, 2.24) is 10.6 Å². The second-order valence-electron chi connectivity index (χ2n) is 8.47. The van der Waals surface area contributed by atoms with Gasteiger partial charge in [0.2, 0.25) is 5.91 Å². The standard InChI is InChI=1S/C25H28N2O5/c28-23(29)12-13-26-24(30)16-6-5-7-17(14-16)27-25(31)32-15-22-20-10-3-1-8-18(20)19-9-2-4-11-21(19)22/h1-4,8-11,16-17,22H,5-7,12-15H2,(H,26,30)(H,27,31)(H,28,29)/t16-,17+/m0/s1. The van der Waals surface area contributed by atoms with E-state index in [0.29, 0.717) is 6.42 Å². The van der Waals surface area contributed by atoms with E-state index in [0.717, 1.165) is 30.4 Å². The molecule has 2 aromatic carbocycles. The minimum atomic E-state index is -0.941. The molecule has 1 saturated carbocycles. The molecule has 168 valence electrons. The Hall–Kier alpha value is -3.35. The molecule has 32 heavy (non-hydrogen) atoms. The van der Waals surface area contributed by atoms with E-state index in [4.69, 9.17) is 9.84 Å². The Kier molecular flexibility index (Phi) is 6.73. The lowest BCUT2D eigenvalue weighted by Crippen LogP contribution is -2.43. The molecule has 7 heteroatoms. The average Bonchev–Trinajstić information content (AvgIpc) is 3.11. The van der Waals surface area contributed by atoms with Crippen LogP contribution in [0.25, 0.3) is 11.1 Å². The summed E-state index contributed by atoms with van der Waals surface area (Å²) in [7, 11) is 0.